The van der Waals surface area contributed by atoms with Gasteiger partial charge in [0.1, 0.15) is 0 Å². The molecule has 1 atom stereocenters. The molecule has 0 spiro atoms. The maximum absolute atomic E-state index is 3.61. The summed E-state index contributed by atoms with van der Waals surface area (Å²) in [5.74, 6) is 1.22. The lowest BCUT2D eigenvalue weighted by Crippen LogP contribution is -2.25. The van der Waals surface area contributed by atoms with Crippen molar-refractivity contribution in [2.45, 2.75) is 26.3 Å². The first-order valence-electron chi connectivity index (χ1n) is 5.39. The van der Waals surface area contributed by atoms with Crippen molar-refractivity contribution >= 4 is 11.8 Å². The molecule has 1 fully saturated rings. The van der Waals surface area contributed by atoms with E-state index in [1.807, 2.05) is 11.8 Å². The summed E-state index contributed by atoms with van der Waals surface area (Å²) in [7, 11) is 0. The van der Waals surface area contributed by atoms with Crippen molar-refractivity contribution in [2.75, 3.05) is 5.75 Å². The zero-order valence-electron chi connectivity index (χ0n) is 9.29. The van der Waals surface area contributed by atoms with Gasteiger partial charge in [0.15, 0.2) is 0 Å². The van der Waals surface area contributed by atoms with Crippen LogP contribution in [0.15, 0.2) is 40.9 Å². The minimum absolute atomic E-state index is 0.498. The van der Waals surface area contributed by atoms with Gasteiger partial charge in [0, 0.05) is 5.75 Å². The molecule has 0 bridgehead atoms. The maximum Gasteiger partial charge on any atom is 0.0672 e. The molecule has 1 nitrogen and oxygen atoms in total. The van der Waals surface area contributed by atoms with Gasteiger partial charge in [-0.1, -0.05) is 30.3 Å². The highest BCUT2D eigenvalue weighted by molar-refractivity contribution is 8.03. The number of hydrogen-bond acceptors (Lipinski definition) is 2. The van der Waals surface area contributed by atoms with Gasteiger partial charge in [0.2, 0.25) is 0 Å². The fraction of sp³-hybridized carbons (Fsp3) is 0.385. The average molecular weight is 219 g/mol. The fourth-order valence-electron chi connectivity index (χ4n) is 1.77. The van der Waals surface area contributed by atoms with Crippen molar-refractivity contribution < 1.29 is 0 Å². The van der Waals surface area contributed by atoms with Crippen LogP contribution in [0.1, 0.15) is 31.9 Å². The zero-order valence-corrected chi connectivity index (χ0v) is 10.1. The summed E-state index contributed by atoms with van der Waals surface area (Å²) in [5, 5.41) is 4.97. The van der Waals surface area contributed by atoms with Gasteiger partial charge in [0.05, 0.1) is 11.1 Å². The Bertz CT molecular complexity index is 352. The van der Waals surface area contributed by atoms with Crippen LogP contribution in [0.25, 0.3) is 0 Å². The molecular formula is C13H17NS. The number of thioether (sulfide) groups is 1. The van der Waals surface area contributed by atoms with Crippen LogP contribution in [0.3, 0.4) is 0 Å². The van der Waals surface area contributed by atoms with Gasteiger partial charge in [-0.05, 0) is 31.4 Å². The molecule has 2 heteroatoms. The Labute approximate surface area is 96.0 Å². The monoisotopic (exact) mass is 219 g/mol. The van der Waals surface area contributed by atoms with Gasteiger partial charge in [-0.25, -0.2) is 0 Å². The van der Waals surface area contributed by atoms with Gasteiger partial charge in [-0.3, -0.25) is 0 Å². The lowest BCUT2D eigenvalue weighted by Gasteiger charge is -2.27. The molecule has 0 aliphatic carbocycles. The van der Waals surface area contributed by atoms with E-state index in [2.05, 4.69) is 49.5 Å². The van der Waals surface area contributed by atoms with Gasteiger partial charge in [0.25, 0.3) is 0 Å². The SMILES string of the molecule is CC(C)=C1NC(c2ccccc2)CCS1. The van der Waals surface area contributed by atoms with Crippen LogP contribution in [0, 0.1) is 0 Å². The van der Waals surface area contributed by atoms with Crippen LogP contribution in [0.2, 0.25) is 0 Å². The quantitative estimate of drug-likeness (QED) is 0.773. The van der Waals surface area contributed by atoms with Gasteiger partial charge < -0.3 is 5.32 Å². The van der Waals surface area contributed by atoms with Crippen LogP contribution < -0.4 is 5.32 Å². The highest BCUT2D eigenvalue weighted by atomic mass is 32.2. The van der Waals surface area contributed by atoms with Crippen LogP contribution in [0.5, 0.6) is 0 Å². The molecule has 0 radical (unpaired) electrons. The van der Waals surface area contributed by atoms with E-state index >= 15 is 0 Å². The second-order valence-electron chi connectivity index (χ2n) is 4.07. The number of allylic oxidation sites excluding steroid dienone is 1. The van der Waals surface area contributed by atoms with E-state index in [1.54, 1.807) is 0 Å². The summed E-state index contributed by atoms with van der Waals surface area (Å²) in [6.07, 6.45) is 1.21. The van der Waals surface area contributed by atoms with E-state index < -0.39 is 0 Å². The summed E-state index contributed by atoms with van der Waals surface area (Å²) < 4.78 is 0. The largest absolute Gasteiger partial charge is 0.373 e. The van der Waals surface area contributed by atoms with Crippen molar-refractivity contribution in [1.29, 1.82) is 0 Å². The third kappa shape index (κ3) is 2.57. The zero-order chi connectivity index (χ0) is 10.7. The Morgan fingerprint density at radius 1 is 1.27 bits per heavy atom. The Balaban J connectivity index is 2.15. The molecule has 0 aromatic heterocycles. The van der Waals surface area contributed by atoms with Crippen LogP contribution in [0.4, 0.5) is 0 Å². The van der Waals surface area contributed by atoms with E-state index in [1.165, 1.54) is 28.3 Å². The van der Waals surface area contributed by atoms with Crippen molar-refractivity contribution in [2.24, 2.45) is 0 Å². The van der Waals surface area contributed by atoms with E-state index in [0.717, 1.165) is 0 Å². The van der Waals surface area contributed by atoms with Crippen LogP contribution in [-0.4, -0.2) is 5.75 Å². The van der Waals surface area contributed by atoms with Gasteiger partial charge in [-0.2, -0.15) is 0 Å². The fourth-order valence-corrected chi connectivity index (χ4v) is 2.85. The molecule has 1 aromatic carbocycles. The molecule has 15 heavy (non-hydrogen) atoms. The molecular weight excluding hydrogens is 202 g/mol. The van der Waals surface area contributed by atoms with Gasteiger partial charge in [-0.15, -0.1) is 11.8 Å². The van der Waals surface area contributed by atoms with E-state index in [0.29, 0.717) is 6.04 Å². The lowest BCUT2D eigenvalue weighted by atomic mass is 10.0. The second kappa shape index (κ2) is 4.75. The van der Waals surface area contributed by atoms with Gasteiger partial charge >= 0.3 is 0 Å². The van der Waals surface area contributed by atoms with Crippen molar-refractivity contribution in [3.8, 4) is 0 Å². The molecule has 1 saturated heterocycles. The summed E-state index contributed by atoms with van der Waals surface area (Å²) in [4.78, 5) is 0. The first-order chi connectivity index (χ1) is 7.27. The minimum Gasteiger partial charge on any atom is -0.373 e. The standard InChI is InChI=1S/C13H17NS/c1-10(2)13-14-12(8-9-15-13)11-6-4-3-5-7-11/h3-7,12,14H,8-9H2,1-2H3. The molecule has 2 rings (SSSR count). The summed E-state index contributed by atoms with van der Waals surface area (Å²) in [5.41, 5.74) is 2.79. The molecule has 80 valence electrons. The summed E-state index contributed by atoms with van der Waals surface area (Å²) >= 11 is 1.94. The lowest BCUT2D eigenvalue weighted by molar-refractivity contribution is 0.586. The van der Waals surface area contributed by atoms with Crippen molar-refractivity contribution in [3.63, 3.8) is 0 Å². The predicted molar refractivity (Wildman–Crippen MR) is 67.8 cm³/mol. The summed E-state index contributed by atoms with van der Waals surface area (Å²) in [6.45, 7) is 4.34. The molecule has 1 heterocycles. The van der Waals surface area contributed by atoms with Crippen LogP contribution in [-0.2, 0) is 0 Å². The summed E-state index contributed by atoms with van der Waals surface area (Å²) in [6, 6.07) is 11.2. The van der Waals surface area contributed by atoms with E-state index in [-0.39, 0.29) is 0 Å². The first-order valence-corrected chi connectivity index (χ1v) is 6.37. The van der Waals surface area contributed by atoms with Crippen molar-refractivity contribution in [3.05, 3.63) is 46.5 Å². The average Bonchev–Trinajstić information content (AvgIpc) is 2.30. The highest BCUT2D eigenvalue weighted by Crippen LogP contribution is 2.31. The Morgan fingerprint density at radius 2 is 2.00 bits per heavy atom. The molecule has 0 saturated carbocycles. The molecule has 1 N–H and O–H groups in total. The van der Waals surface area contributed by atoms with Crippen molar-refractivity contribution in [1.82, 2.24) is 5.32 Å². The minimum atomic E-state index is 0.498. The maximum atomic E-state index is 3.61. The smallest absolute Gasteiger partial charge is 0.0672 e. The Morgan fingerprint density at radius 3 is 2.67 bits per heavy atom. The number of rotatable bonds is 1. The normalized spacial score (nSPS) is 20.9. The molecule has 0 amide bonds. The van der Waals surface area contributed by atoms with E-state index in [4.69, 9.17) is 0 Å². The Kier molecular flexibility index (Phi) is 3.37. The van der Waals surface area contributed by atoms with E-state index in [9.17, 15) is 0 Å². The molecule has 1 aliphatic heterocycles. The second-order valence-corrected chi connectivity index (χ2v) is 5.18. The number of benzene rings is 1. The topological polar surface area (TPSA) is 12.0 Å². The van der Waals surface area contributed by atoms with Crippen LogP contribution >= 0.6 is 11.8 Å². The molecule has 1 aliphatic rings. The Hall–Kier alpha value is -0.890. The highest BCUT2D eigenvalue weighted by Gasteiger charge is 2.18. The molecule has 1 unspecified atom stereocenters. The first kappa shape index (κ1) is 10.6. The third-order valence-electron chi connectivity index (χ3n) is 2.61. The number of nitrogens with one attached hydrogen (secondary N) is 1. The molecule has 1 aromatic rings. The number of hydrogen-bond donors (Lipinski definition) is 1. The third-order valence-corrected chi connectivity index (χ3v) is 3.87. The predicted octanol–water partition coefficient (Wildman–Crippen LogP) is 3.71.